The number of amides is 2. The van der Waals surface area contributed by atoms with Crippen molar-refractivity contribution in [2.24, 2.45) is 0 Å². The molecule has 6 heteroatoms. The van der Waals surface area contributed by atoms with Gasteiger partial charge in [0, 0.05) is 0 Å². The van der Waals surface area contributed by atoms with Gasteiger partial charge in [0.05, 0.1) is 5.69 Å². The fourth-order valence-corrected chi connectivity index (χ4v) is 1.97. The zero-order chi connectivity index (χ0) is 17.5. The van der Waals surface area contributed by atoms with Crippen LogP contribution in [0.15, 0.2) is 48.5 Å². The Hall–Kier alpha value is -2.89. The average Bonchev–Trinajstić information content (AvgIpc) is 2.56. The number of anilines is 1. The number of alkyl carbamates (subject to hydrolysis) is 1. The number of aryl methyl sites for hydroxylation is 1. The Morgan fingerprint density at radius 1 is 1.17 bits per heavy atom. The highest BCUT2D eigenvalue weighted by Gasteiger charge is 2.17. The second-order valence-electron chi connectivity index (χ2n) is 5.40. The summed E-state index contributed by atoms with van der Waals surface area (Å²) in [6.45, 7) is 3.35. The van der Waals surface area contributed by atoms with E-state index >= 15 is 0 Å². The molecule has 24 heavy (non-hydrogen) atoms. The maximum Gasteiger partial charge on any atom is 0.408 e. The van der Waals surface area contributed by atoms with Gasteiger partial charge in [0.1, 0.15) is 18.5 Å². The van der Waals surface area contributed by atoms with Gasteiger partial charge in [0.25, 0.3) is 0 Å². The van der Waals surface area contributed by atoms with Gasteiger partial charge < -0.3 is 15.4 Å². The van der Waals surface area contributed by atoms with Crippen LogP contribution in [0, 0.1) is 12.7 Å². The van der Waals surface area contributed by atoms with E-state index in [2.05, 4.69) is 10.6 Å². The normalized spacial score (nSPS) is 11.5. The van der Waals surface area contributed by atoms with Gasteiger partial charge in [-0.2, -0.15) is 0 Å². The fraction of sp³-hybridized carbons (Fsp3) is 0.222. The molecule has 0 unspecified atom stereocenters. The minimum Gasteiger partial charge on any atom is -0.445 e. The van der Waals surface area contributed by atoms with E-state index in [0.29, 0.717) is 0 Å². The molecule has 0 aromatic heterocycles. The number of hydrogen-bond donors (Lipinski definition) is 2. The van der Waals surface area contributed by atoms with Gasteiger partial charge in [-0.25, -0.2) is 9.18 Å². The third kappa shape index (κ3) is 5.08. The number of carbonyl (C=O) groups excluding carboxylic acids is 2. The quantitative estimate of drug-likeness (QED) is 0.883. The van der Waals surface area contributed by atoms with Crippen LogP contribution in [-0.4, -0.2) is 18.0 Å². The molecular formula is C18H19FN2O3. The number of hydrogen-bond acceptors (Lipinski definition) is 3. The van der Waals surface area contributed by atoms with Crippen molar-refractivity contribution in [3.05, 3.63) is 65.5 Å². The molecule has 2 N–H and O–H groups in total. The van der Waals surface area contributed by atoms with Gasteiger partial charge in [0.15, 0.2) is 0 Å². The molecule has 0 saturated carbocycles. The van der Waals surface area contributed by atoms with Crippen molar-refractivity contribution in [1.29, 1.82) is 0 Å². The van der Waals surface area contributed by atoms with Crippen LogP contribution in [-0.2, 0) is 16.1 Å². The molecule has 0 fully saturated rings. The zero-order valence-corrected chi connectivity index (χ0v) is 13.5. The lowest BCUT2D eigenvalue weighted by molar-refractivity contribution is -0.117. The molecule has 0 radical (unpaired) electrons. The smallest absolute Gasteiger partial charge is 0.408 e. The van der Waals surface area contributed by atoms with Crippen molar-refractivity contribution >= 4 is 17.7 Å². The molecule has 0 aliphatic carbocycles. The SMILES string of the molecule is Cc1ccc(NC(=O)[C@@H](C)NC(=O)OCc2ccccc2)c(F)c1. The maximum absolute atomic E-state index is 13.7. The number of carbonyl (C=O) groups is 2. The Bertz CT molecular complexity index is 719. The van der Waals surface area contributed by atoms with E-state index in [-0.39, 0.29) is 12.3 Å². The lowest BCUT2D eigenvalue weighted by Crippen LogP contribution is -2.41. The van der Waals surface area contributed by atoms with Crippen LogP contribution < -0.4 is 10.6 Å². The van der Waals surface area contributed by atoms with Gasteiger partial charge in [-0.1, -0.05) is 36.4 Å². The number of halogens is 1. The van der Waals surface area contributed by atoms with Gasteiger partial charge in [-0.15, -0.1) is 0 Å². The van der Waals surface area contributed by atoms with Crippen LogP contribution in [0.4, 0.5) is 14.9 Å². The molecule has 2 aromatic carbocycles. The van der Waals surface area contributed by atoms with Crippen LogP contribution in [0.1, 0.15) is 18.1 Å². The van der Waals surface area contributed by atoms with E-state index in [9.17, 15) is 14.0 Å². The Kier molecular flexibility index (Phi) is 5.89. The summed E-state index contributed by atoms with van der Waals surface area (Å²) in [5.74, 6) is -1.06. The largest absolute Gasteiger partial charge is 0.445 e. The van der Waals surface area contributed by atoms with Crippen LogP contribution in [0.25, 0.3) is 0 Å². The van der Waals surface area contributed by atoms with Crippen molar-refractivity contribution < 1.29 is 18.7 Å². The Balaban J connectivity index is 1.83. The van der Waals surface area contributed by atoms with E-state index in [1.807, 2.05) is 30.3 Å². The summed E-state index contributed by atoms with van der Waals surface area (Å²) in [6, 6.07) is 12.8. The minimum atomic E-state index is -0.867. The predicted octanol–water partition coefficient (Wildman–Crippen LogP) is 3.39. The van der Waals surface area contributed by atoms with Crippen LogP contribution in [0.2, 0.25) is 0 Å². The molecule has 0 spiro atoms. The van der Waals surface area contributed by atoms with Crippen molar-refractivity contribution in [3.63, 3.8) is 0 Å². The van der Waals surface area contributed by atoms with E-state index in [1.54, 1.807) is 13.0 Å². The fourth-order valence-electron chi connectivity index (χ4n) is 1.97. The van der Waals surface area contributed by atoms with Gasteiger partial charge >= 0.3 is 6.09 Å². The Labute approximate surface area is 139 Å². The maximum atomic E-state index is 13.7. The first-order chi connectivity index (χ1) is 11.5. The number of nitrogens with one attached hydrogen (secondary N) is 2. The van der Waals surface area contributed by atoms with E-state index < -0.39 is 23.9 Å². The molecule has 0 aliphatic heterocycles. The zero-order valence-electron chi connectivity index (χ0n) is 13.5. The van der Waals surface area contributed by atoms with E-state index in [0.717, 1.165) is 11.1 Å². The minimum absolute atomic E-state index is 0.0666. The monoisotopic (exact) mass is 330 g/mol. The second kappa shape index (κ2) is 8.10. The molecule has 0 aliphatic rings. The third-order valence-corrected chi connectivity index (χ3v) is 3.32. The number of ether oxygens (including phenoxy) is 1. The topological polar surface area (TPSA) is 67.4 Å². The lowest BCUT2D eigenvalue weighted by atomic mass is 10.2. The van der Waals surface area contributed by atoms with Crippen molar-refractivity contribution in [2.75, 3.05) is 5.32 Å². The second-order valence-corrected chi connectivity index (χ2v) is 5.40. The molecular weight excluding hydrogens is 311 g/mol. The third-order valence-electron chi connectivity index (χ3n) is 3.32. The van der Waals surface area contributed by atoms with Crippen molar-refractivity contribution in [2.45, 2.75) is 26.5 Å². The van der Waals surface area contributed by atoms with Crippen LogP contribution in [0.3, 0.4) is 0 Å². The van der Waals surface area contributed by atoms with Gasteiger partial charge in [0.2, 0.25) is 5.91 Å². The highest BCUT2D eigenvalue weighted by atomic mass is 19.1. The molecule has 1 atom stereocenters. The van der Waals surface area contributed by atoms with E-state index in [1.165, 1.54) is 19.1 Å². The van der Waals surface area contributed by atoms with Gasteiger partial charge in [-0.3, -0.25) is 4.79 Å². The molecule has 2 aromatic rings. The molecule has 5 nitrogen and oxygen atoms in total. The highest BCUT2D eigenvalue weighted by Crippen LogP contribution is 2.15. The van der Waals surface area contributed by atoms with E-state index in [4.69, 9.17) is 4.74 Å². The first-order valence-electron chi connectivity index (χ1n) is 7.50. The summed E-state index contributed by atoms with van der Waals surface area (Å²) in [7, 11) is 0. The first kappa shape index (κ1) is 17.5. The molecule has 2 rings (SSSR count). The summed E-state index contributed by atoms with van der Waals surface area (Å²) in [6.07, 6.45) is -0.717. The highest BCUT2D eigenvalue weighted by molar-refractivity contribution is 5.96. The summed E-state index contributed by atoms with van der Waals surface area (Å²) in [5, 5.41) is 4.84. The molecule has 0 bridgehead atoms. The summed E-state index contributed by atoms with van der Waals surface area (Å²) >= 11 is 0. The predicted molar refractivity (Wildman–Crippen MR) is 89.0 cm³/mol. The van der Waals surface area contributed by atoms with Gasteiger partial charge in [-0.05, 0) is 37.1 Å². The number of rotatable bonds is 5. The lowest BCUT2D eigenvalue weighted by Gasteiger charge is -2.14. The molecule has 2 amide bonds. The Morgan fingerprint density at radius 2 is 1.88 bits per heavy atom. The van der Waals surface area contributed by atoms with Crippen LogP contribution in [0.5, 0.6) is 0 Å². The van der Waals surface area contributed by atoms with Crippen molar-refractivity contribution in [1.82, 2.24) is 5.32 Å². The summed E-state index contributed by atoms with van der Waals surface area (Å²) in [5.41, 5.74) is 1.66. The summed E-state index contributed by atoms with van der Waals surface area (Å²) < 4.78 is 18.8. The summed E-state index contributed by atoms with van der Waals surface area (Å²) in [4.78, 5) is 23.7. The van der Waals surface area contributed by atoms with Crippen LogP contribution >= 0.6 is 0 Å². The molecule has 0 heterocycles. The Morgan fingerprint density at radius 3 is 2.54 bits per heavy atom. The first-order valence-corrected chi connectivity index (χ1v) is 7.50. The standard InChI is InChI=1S/C18H19FN2O3/c1-12-8-9-16(15(19)10-12)21-17(22)13(2)20-18(23)24-11-14-6-4-3-5-7-14/h3-10,13H,11H2,1-2H3,(H,20,23)(H,21,22)/t13-/m1/s1. The van der Waals surface area contributed by atoms with Crippen molar-refractivity contribution in [3.8, 4) is 0 Å². The molecule has 0 saturated heterocycles. The number of benzene rings is 2. The average molecular weight is 330 g/mol. The molecule has 126 valence electrons.